The molecule has 7 heteroatoms. The van der Waals surface area contributed by atoms with Crippen LogP contribution in [-0.2, 0) is 17.6 Å². The summed E-state index contributed by atoms with van der Waals surface area (Å²) in [4.78, 5) is 21.6. The van der Waals surface area contributed by atoms with Gasteiger partial charge in [0.2, 0.25) is 5.91 Å². The van der Waals surface area contributed by atoms with E-state index in [9.17, 15) is 4.79 Å². The van der Waals surface area contributed by atoms with Gasteiger partial charge in [0.1, 0.15) is 5.82 Å². The van der Waals surface area contributed by atoms with E-state index in [1.807, 2.05) is 35.5 Å². The number of anilines is 1. The molecule has 0 radical (unpaired) electrons. The maximum atomic E-state index is 12.6. The summed E-state index contributed by atoms with van der Waals surface area (Å²) in [6.45, 7) is 9.12. The molecule has 7 nitrogen and oxygen atoms in total. The van der Waals surface area contributed by atoms with Crippen molar-refractivity contribution in [2.24, 2.45) is 5.92 Å². The molecule has 1 saturated heterocycles. The fraction of sp³-hybridized carbons (Fsp3) is 0.611. The monoisotopic (exact) mass is 342 g/mol. The number of nitrogens with zero attached hydrogens (tertiary/aromatic N) is 5. The Balaban J connectivity index is 1.63. The molecule has 25 heavy (non-hydrogen) atoms. The number of amides is 1. The molecular formula is C18H26N6O. The maximum Gasteiger partial charge on any atom is 0.229 e. The van der Waals surface area contributed by atoms with Crippen molar-refractivity contribution < 1.29 is 4.79 Å². The molecule has 2 aliphatic rings. The van der Waals surface area contributed by atoms with E-state index in [4.69, 9.17) is 4.98 Å². The smallest absolute Gasteiger partial charge is 0.229 e. The summed E-state index contributed by atoms with van der Waals surface area (Å²) in [5.74, 6) is 1.51. The molecule has 0 spiro atoms. The zero-order valence-corrected chi connectivity index (χ0v) is 15.0. The van der Waals surface area contributed by atoms with Gasteiger partial charge in [0.05, 0.1) is 17.8 Å². The minimum Gasteiger partial charge on any atom is -0.354 e. The van der Waals surface area contributed by atoms with Gasteiger partial charge in [-0.25, -0.2) is 4.98 Å². The largest absolute Gasteiger partial charge is 0.354 e. The molecule has 134 valence electrons. The highest BCUT2D eigenvalue weighted by molar-refractivity contribution is 5.82. The van der Waals surface area contributed by atoms with Crippen molar-refractivity contribution in [3.63, 3.8) is 0 Å². The van der Waals surface area contributed by atoms with Gasteiger partial charge < -0.3 is 15.1 Å². The quantitative estimate of drug-likeness (QED) is 0.887. The number of carbonyl (C=O) groups is 1. The van der Waals surface area contributed by atoms with E-state index in [0.717, 1.165) is 63.6 Å². The molecule has 0 saturated carbocycles. The van der Waals surface area contributed by atoms with Gasteiger partial charge in [0, 0.05) is 50.8 Å². The summed E-state index contributed by atoms with van der Waals surface area (Å²) in [5, 5.41) is 7.95. The van der Waals surface area contributed by atoms with Crippen LogP contribution in [0.4, 0.5) is 5.82 Å². The zero-order valence-electron chi connectivity index (χ0n) is 15.0. The predicted molar refractivity (Wildman–Crippen MR) is 96.9 cm³/mol. The Morgan fingerprint density at radius 2 is 2.04 bits per heavy atom. The van der Waals surface area contributed by atoms with Crippen molar-refractivity contribution >= 4 is 17.4 Å². The Bertz CT molecular complexity index is 775. The van der Waals surface area contributed by atoms with Gasteiger partial charge in [-0.05, 0) is 26.8 Å². The van der Waals surface area contributed by atoms with Crippen LogP contribution in [0.3, 0.4) is 0 Å². The van der Waals surface area contributed by atoms with Crippen LogP contribution < -0.4 is 10.2 Å². The Labute approximate surface area is 148 Å². The van der Waals surface area contributed by atoms with Gasteiger partial charge in [0.25, 0.3) is 0 Å². The van der Waals surface area contributed by atoms with Crippen LogP contribution in [0.25, 0.3) is 5.65 Å². The molecule has 1 fully saturated rings. The van der Waals surface area contributed by atoms with E-state index >= 15 is 0 Å². The number of aromatic nitrogens is 3. The van der Waals surface area contributed by atoms with Gasteiger partial charge >= 0.3 is 0 Å². The van der Waals surface area contributed by atoms with Crippen molar-refractivity contribution in [2.75, 3.05) is 44.2 Å². The normalized spacial score (nSPS) is 17.9. The lowest BCUT2D eigenvalue weighted by atomic mass is 9.96. The van der Waals surface area contributed by atoms with Crippen molar-refractivity contribution in [2.45, 2.75) is 26.7 Å². The first kappa shape index (κ1) is 16.3. The third-order valence-corrected chi connectivity index (χ3v) is 5.39. The number of hydrogen-bond acceptors (Lipinski definition) is 5. The molecule has 1 amide bonds. The summed E-state index contributed by atoms with van der Waals surface area (Å²) < 4.78 is 1.95. The molecule has 0 bridgehead atoms. The van der Waals surface area contributed by atoms with E-state index in [0.29, 0.717) is 0 Å². The van der Waals surface area contributed by atoms with Crippen LogP contribution in [0.5, 0.6) is 0 Å². The fourth-order valence-corrected chi connectivity index (χ4v) is 3.94. The lowest BCUT2D eigenvalue weighted by molar-refractivity contribution is -0.135. The van der Waals surface area contributed by atoms with Crippen molar-refractivity contribution in [3.05, 3.63) is 23.5 Å². The van der Waals surface area contributed by atoms with E-state index in [-0.39, 0.29) is 11.8 Å². The Hall–Kier alpha value is -2.15. The first-order valence-corrected chi connectivity index (χ1v) is 9.32. The van der Waals surface area contributed by atoms with Gasteiger partial charge in [-0.3, -0.25) is 4.79 Å². The molecule has 0 aromatic carbocycles. The molecule has 0 unspecified atom stereocenters. The van der Waals surface area contributed by atoms with Gasteiger partial charge in [-0.1, -0.05) is 0 Å². The minimum absolute atomic E-state index is 0.0956. The lowest BCUT2D eigenvalue weighted by Crippen LogP contribution is -2.55. The van der Waals surface area contributed by atoms with Crippen molar-refractivity contribution in [1.29, 1.82) is 0 Å². The molecule has 0 atom stereocenters. The summed E-state index contributed by atoms with van der Waals surface area (Å²) in [6.07, 6.45) is 3.71. The molecular weight excluding hydrogens is 316 g/mol. The highest BCUT2D eigenvalue weighted by Crippen LogP contribution is 2.32. The van der Waals surface area contributed by atoms with Crippen LogP contribution in [0.15, 0.2) is 12.3 Å². The molecule has 2 aromatic heterocycles. The van der Waals surface area contributed by atoms with Crippen LogP contribution in [0.2, 0.25) is 0 Å². The SMILES string of the molecule is CCN(CC)C(=O)C1CN(c2c3c(nc4ccnn24)CCNCC3)C1. The zero-order chi connectivity index (χ0) is 17.4. The summed E-state index contributed by atoms with van der Waals surface area (Å²) in [5.41, 5.74) is 3.36. The summed E-state index contributed by atoms with van der Waals surface area (Å²) >= 11 is 0. The number of rotatable bonds is 4. The fourth-order valence-electron chi connectivity index (χ4n) is 3.94. The summed E-state index contributed by atoms with van der Waals surface area (Å²) in [7, 11) is 0. The van der Waals surface area contributed by atoms with Gasteiger partial charge in [-0.2, -0.15) is 9.61 Å². The molecule has 4 heterocycles. The Morgan fingerprint density at radius 1 is 1.28 bits per heavy atom. The van der Waals surface area contributed by atoms with Crippen molar-refractivity contribution in [3.8, 4) is 0 Å². The van der Waals surface area contributed by atoms with Crippen LogP contribution in [0.1, 0.15) is 25.1 Å². The van der Waals surface area contributed by atoms with Gasteiger partial charge in [0.15, 0.2) is 5.65 Å². The van der Waals surface area contributed by atoms with Gasteiger partial charge in [-0.15, -0.1) is 0 Å². The minimum atomic E-state index is 0.0956. The molecule has 2 aromatic rings. The van der Waals surface area contributed by atoms with Crippen LogP contribution in [-0.4, -0.2) is 64.7 Å². The highest BCUT2D eigenvalue weighted by atomic mass is 16.2. The average Bonchev–Trinajstić information content (AvgIpc) is 2.91. The second-order valence-corrected chi connectivity index (χ2v) is 6.82. The summed E-state index contributed by atoms with van der Waals surface area (Å²) in [6, 6.07) is 1.96. The second kappa shape index (κ2) is 6.63. The third-order valence-electron chi connectivity index (χ3n) is 5.39. The lowest BCUT2D eigenvalue weighted by Gasteiger charge is -2.42. The molecule has 1 N–H and O–H groups in total. The second-order valence-electron chi connectivity index (χ2n) is 6.82. The first-order valence-electron chi connectivity index (χ1n) is 9.32. The maximum absolute atomic E-state index is 12.6. The van der Waals surface area contributed by atoms with Crippen LogP contribution in [0, 0.1) is 5.92 Å². The molecule has 4 rings (SSSR count). The van der Waals surface area contributed by atoms with Crippen molar-refractivity contribution in [1.82, 2.24) is 24.8 Å². The Morgan fingerprint density at radius 3 is 2.80 bits per heavy atom. The first-order chi connectivity index (χ1) is 12.2. The number of fused-ring (bicyclic) bond motifs is 2. The van der Waals surface area contributed by atoms with E-state index in [2.05, 4.69) is 15.3 Å². The highest BCUT2D eigenvalue weighted by Gasteiger charge is 2.37. The molecule has 2 aliphatic heterocycles. The van der Waals surface area contributed by atoms with Crippen LogP contribution >= 0.6 is 0 Å². The number of nitrogens with one attached hydrogen (secondary N) is 1. The Kier molecular flexibility index (Phi) is 4.33. The predicted octanol–water partition coefficient (Wildman–Crippen LogP) is 0.722. The van der Waals surface area contributed by atoms with E-state index < -0.39 is 0 Å². The van der Waals surface area contributed by atoms with E-state index in [1.54, 1.807) is 0 Å². The average molecular weight is 342 g/mol. The standard InChI is InChI=1S/C18H26N6O/c1-3-22(4-2)18(25)13-11-23(12-13)17-14-5-8-19-9-6-15(14)21-16-7-10-20-24(16)17/h7,10,13,19H,3-6,8-9,11-12H2,1-2H3. The third kappa shape index (κ3) is 2.76. The topological polar surface area (TPSA) is 65.8 Å². The number of carbonyl (C=O) groups excluding carboxylic acids is 1. The van der Waals surface area contributed by atoms with E-state index in [1.165, 1.54) is 11.3 Å². The number of hydrogen-bond donors (Lipinski definition) is 1. The molecule has 0 aliphatic carbocycles.